The highest BCUT2D eigenvalue weighted by molar-refractivity contribution is 5.24. The Morgan fingerprint density at radius 1 is 1.44 bits per heavy atom. The number of hydrogen-bond donors (Lipinski definition) is 2. The molecule has 0 atom stereocenters. The van der Waals surface area contributed by atoms with Crippen LogP contribution >= 0.6 is 0 Å². The maximum atomic E-state index is 8.86. The molecular formula is C14H24N2O2. The first kappa shape index (κ1) is 14.9. The topological polar surface area (TPSA) is 54.4 Å². The Hall–Kier alpha value is -1.13. The van der Waals surface area contributed by atoms with E-state index in [1.165, 1.54) is 0 Å². The van der Waals surface area contributed by atoms with E-state index in [1.807, 2.05) is 12.1 Å². The summed E-state index contributed by atoms with van der Waals surface area (Å²) in [5.74, 6) is 0.679. The van der Waals surface area contributed by atoms with Crippen molar-refractivity contribution in [3.05, 3.63) is 23.9 Å². The zero-order valence-corrected chi connectivity index (χ0v) is 11.6. The van der Waals surface area contributed by atoms with Gasteiger partial charge in [-0.25, -0.2) is 4.98 Å². The van der Waals surface area contributed by atoms with Gasteiger partial charge >= 0.3 is 0 Å². The van der Waals surface area contributed by atoms with Crippen molar-refractivity contribution in [3.8, 4) is 5.88 Å². The normalized spacial score (nSPS) is 11.6. The first-order chi connectivity index (χ1) is 8.59. The molecule has 0 spiro atoms. The van der Waals surface area contributed by atoms with E-state index in [0.717, 1.165) is 31.5 Å². The number of aliphatic hydroxyl groups is 1. The van der Waals surface area contributed by atoms with Gasteiger partial charge in [-0.2, -0.15) is 0 Å². The summed E-state index contributed by atoms with van der Waals surface area (Å²) < 4.78 is 5.21. The van der Waals surface area contributed by atoms with Crippen molar-refractivity contribution >= 4 is 0 Å². The van der Waals surface area contributed by atoms with Gasteiger partial charge < -0.3 is 15.2 Å². The van der Waals surface area contributed by atoms with Gasteiger partial charge in [-0.05, 0) is 24.3 Å². The number of methoxy groups -OCH3 is 1. The highest BCUT2D eigenvalue weighted by atomic mass is 16.5. The summed E-state index contributed by atoms with van der Waals surface area (Å²) in [6.45, 7) is 6.33. The first-order valence-corrected chi connectivity index (χ1v) is 6.38. The molecule has 0 aromatic carbocycles. The zero-order chi connectivity index (χ0) is 13.4. The van der Waals surface area contributed by atoms with Crippen LogP contribution in [0, 0.1) is 5.41 Å². The van der Waals surface area contributed by atoms with Gasteiger partial charge in [-0.1, -0.05) is 19.9 Å². The molecule has 102 valence electrons. The number of ether oxygens (including phenoxy) is 1. The smallest absolute Gasteiger partial charge is 0.217 e. The zero-order valence-electron chi connectivity index (χ0n) is 11.6. The van der Waals surface area contributed by atoms with E-state index in [1.54, 1.807) is 13.3 Å². The SMILES string of the molecule is COc1ncccc1CNCC(C)(C)CCCO. The lowest BCUT2D eigenvalue weighted by Gasteiger charge is -2.24. The van der Waals surface area contributed by atoms with Crippen molar-refractivity contribution in [3.63, 3.8) is 0 Å². The second kappa shape index (κ2) is 7.34. The Kier molecular flexibility index (Phi) is 6.09. The molecule has 0 saturated heterocycles. The van der Waals surface area contributed by atoms with Crippen molar-refractivity contribution in [1.82, 2.24) is 10.3 Å². The second-order valence-electron chi connectivity index (χ2n) is 5.27. The predicted molar refractivity (Wildman–Crippen MR) is 72.6 cm³/mol. The summed E-state index contributed by atoms with van der Waals surface area (Å²) >= 11 is 0. The molecule has 0 amide bonds. The molecule has 0 fully saturated rings. The average Bonchev–Trinajstić information content (AvgIpc) is 2.37. The average molecular weight is 252 g/mol. The van der Waals surface area contributed by atoms with Gasteiger partial charge in [0.05, 0.1) is 7.11 Å². The lowest BCUT2D eigenvalue weighted by molar-refractivity contribution is 0.236. The van der Waals surface area contributed by atoms with Crippen LogP contribution in [0.5, 0.6) is 5.88 Å². The van der Waals surface area contributed by atoms with E-state index in [9.17, 15) is 0 Å². The van der Waals surface area contributed by atoms with Gasteiger partial charge in [-0.3, -0.25) is 0 Å². The molecular weight excluding hydrogens is 228 g/mol. The van der Waals surface area contributed by atoms with E-state index >= 15 is 0 Å². The van der Waals surface area contributed by atoms with Crippen molar-refractivity contribution in [2.45, 2.75) is 33.2 Å². The molecule has 4 nitrogen and oxygen atoms in total. The fourth-order valence-corrected chi connectivity index (χ4v) is 1.92. The molecule has 4 heteroatoms. The van der Waals surface area contributed by atoms with Crippen molar-refractivity contribution in [1.29, 1.82) is 0 Å². The third-order valence-electron chi connectivity index (χ3n) is 2.97. The van der Waals surface area contributed by atoms with Crippen molar-refractivity contribution in [2.24, 2.45) is 5.41 Å². The third kappa shape index (κ3) is 5.02. The van der Waals surface area contributed by atoms with Gasteiger partial charge in [0.1, 0.15) is 0 Å². The number of nitrogens with zero attached hydrogens (tertiary/aromatic N) is 1. The van der Waals surface area contributed by atoms with Crippen LogP contribution in [-0.4, -0.2) is 30.4 Å². The Morgan fingerprint density at radius 3 is 2.89 bits per heavy atom. The van der Waals surface area contributed by atoms with Crippen LogP contribution in [0.2, 0.25) is 0 Å². The van der Waals surface area contributed by atoms with E-state index in [4.69, 9.17) is 9.84 Å². The number of aliphatic hydroxyl groups excluding tert-OH is 1. The quantitative estimate of drug-likeness (QED) is 0.743. The molecule has 1 aromatic rings. The molecule has 0 aliphatic heterocycles. The van der Waals surface area contributed by atoms with Crippen LogP contribution in [0.1, 0.15) is 32.3 Å². The maximum absolute atomic E-state index is 8.86. The minimum absolute atomic E-state index is 0.193. The summed E-state index contributed by atoms with van der Waals surface area (Å²) in [7, 11) is 1.64. The summed E-state index contributed by atoms with van der Waals surface area (Å²) in [5, 5.41) is 12.3. The minimum atomic E-state index is 0.193. The summed E-state index contributed by atoms with van der Waals surface area (Å²) in [5.41, 5.74) is 1.26. The van der Waals surface area contributed by atoms with Crippen molar-refractivity contribution in [2.75, 3.05) is 20.3 Å². The van der Waals surface area contributed by atoms with Gasteiger partial charge in [0, 0.05) is 31.5 Å². The van der Waals surface area contributed by atoms with Gasteiger partial charge in [0.15, 0.2) is 0 Å². The monoisotopic (exact) mass is 252 g/mol. The second-order valence-corrected chi connectivity index (χ2v) is 5.27. The van der Waals surface area contributed by atoms with E-state index < -0.39 is 0 Å². The van der Waals surface area contributed by atoms with Crippen LogP contribution in [-0.2, 0) is 6.54 Å². The number of nitrogens with one attached hydrogen (secondary N) is 1. The van der Waals surface area contributed by atoms with Crippen LogP contribution < -0.4 is 10.1 Å². The molecule has 2 N–H and O–H groups in total. The Balaban J connectivity index is 2.41. The van der Waals surface area contributed by atoms with Crippen molar-refractivity contribution < 1.29 is 9.84 Å². The fourth-order valence-electron chi connectivity index (χ4n) is 1.92. The van der Waals surface area contributed by atoms with Crippen LogP contribution in [0.15, 0.2) is 18.3 Å². The van der Waals surface area contributed by atoms with Crippen LogP contribution in [0.25, 0.3) is 0 Å². The predicted octanol–water partition coefficient (Wildman–Crippen LogP) is 1.98. The lowest BCUT2D eigenvalue weighted by atomic mass is 9.88. The number of hydrogen-bond acceptors (Lipinski definition) is 4. The molecule has 0 saturated carbocycles. The van der Waals surface area contributed by atoms with Crippen LogP contribution in [0.4, 0.5) is 0 Å². The molecule has 0 bridgehead atoms. The third-order valence-corrected chi connectivity index (χ3v) is 2.97. The summed E-state index contributed by atoms with van der Waals surface area (Å²) in [6, 6.07) is 3.93. The van der Waals surface area contributed by atoms with Gasteiger partial charge in [0.25, 0.3) is 0 Å². The number of pyridine rings is 1. The Labute approximate surface area is 109 Å². The Morgan fingerprint density at radius 2 is 2.22 bits per heavy atom. The Bertz CT molecular complexity index is 353. The molecule has 0 radical (unpaired) electrons. The molecule has 18 heavy (non-hydrogen) atoms. The number of rotatable bonds is 8. The minimum Gasteiger partial charge on any atom is -0.481 e. The molecule has 0 unspecified atom stereocenters. The lowest BCUT2D eigenvalue weighted by Crippen LogP contribution is -2.29. The van der Waals surface area contributed by atoms with E-state index in [0.29, 0.717) is 5.88 Å². The number of aromatic nitrogens is 1. The standard InChI is InChI=1S/C14H24N2O2/c1-14(2,7-5-9-17)11-15-10-12-6-4-8-16-13(12)18-3/h4,6,8,15,17H,5,7,9-11H2,1-3H3. The summed E-state index contributed by atoms with van der Waals surface area (Å²) in [6.07, 6.45) is 3.60. The fraction of sp³-hybridized carbons (Fsp3) is 0.643. The molecule has 1 heterocycles. The summed E-state index contributed by atoms with van der Waals surface area (Å²) in [4.78, 5) is 4.17. The molecule has 0 aliphatic carbocycles. The molecule has 1 rings (SSSR count). The van der Waals surface area contributed by atoms with Gasteiger partial charge in [-0.15, -0.1) is 0 Å². The highest BCUT2D eigenvalue weighted by Crippen LogP contribution is 2.21. The first-order valence-electron chi connectivity index (χ1n) is 6.38. The van der Waals surface area contributed by atoms with E-state index in [2.05, 4.69) is 24.1 Å². The largest absolute Gasteiger partial charge is 0.481 e. The molecule has 1 aromatic heterocycles. The molecule has 0 aliphatic rings. The van der Waals surface area contributed by atoms with Crippen LogP contribution in [0.3, 0.4) is 0 Å². The van der Waals surface area contributed by atoms with E-state index in [-0.39, 0.29) is 12.0 Å². The highest BCUT2D eigenvalue weighted by Gasteiger charge is 2.16. The van der Waals surface area contributed by atoms with Gasteiger partial charge in [0.2, 0.25) is 5.88 Å². The maximum Gasteiger partial charge on any atom is 0.217 e.